The van der Waals surface area contributed by atoms with Gasteiger partial charge in [-0.15, -0.1) is 0 Å². The van der Waals surface area contributed by atoms with Gasteiger partial charge in [-0.1, -0.05) is 19.1 Å². The molecule has 0 aliphatic carbocycles. The van der Waals surface area contributed by atoms with Crippen LogP contribution in [0, 0.1) is 5.41 Å². The molecule has 0 radical (unpaired) electrons. The highest BCUT2D eigenvalue weighted by Crippen LogP contribution is 2.25. The fourth-order valence-electron chi connectivity index (χ4n) is 2.22. The Morgan fingerprint density at radius 2 is 2.28 bits per heavy atom. The largest absolute Gasteiger partial charge is 0.380 e. The number of hydrogen-bond donors (Lipinski definition) is 2. The van der Waals surface area contributed by atoms with Crippen molar-refractivity contribution in [3.8, 4) is 0 Å². The molecule has 4 heteroatoms. The highest BCUT2D eigenvalue weighted by Gasteiger charge is 2.33. The van der Waals surface area contributed by atoms with E-state index in [1.807, 2.05) is 30.5 Å². The quantitative estimate of drug-likeness (QED) is 0.866. The predicted molar refractivity (Wildman–Crippen MR) is 69.6 cm³/mol. The van der Waals surface area contributed by atoms with Crippen LogP contribution in [0.25, 0.3) is 10.9 Å². The lowest BCUT2D eigenvalue weighted by Gasteiger charge is -2.38. The molecule has 1 aliphatic rings. The number of aromatic amines is 1. The highest BCUT2D eigenvalue weighted by atomic mass is 16.5. The minimum absolute atomic E-state index is 0.0313. The number of aromatic nitrogens is 1. The third kappa shape index (κ3) is 1.88. The number of carbonyl (C=O) groups is 1. The van der Waals surface area contributed by atoms with Gasteiger partial charge in [-0.2, -0.15) is 0 Å². The fourth-order valence-corrected chi connectivity index (χ4v) is 2.22. The monoisotopic (exact) mass is 244 g/mol. The number of rotatable bonds is 3. The smallest absolute Gasteiger partial charge is 0.253 e. The summed E-state index contributed by atoms with van der Waals surface area (Å²) in [7, 11) is 0. The van der Waals surface area contributed by atoms with Crippen LogP contribution in [-0.2, 0) is 4.74 Å². The van der Waals surface area contributed by atoms with Gasteiger partial charge in [-0.3, -0.25) is 4.79 Å². The Morgan fingerprint density at radius 1 is 1.44 bits per heavy atom. The SMILES string of the molecule is CC1(CNC(=O)c2cccc3cc[nH]c23)COC1. The number of fused-ring (bicyclic) bond motifs is 1. The zero-order chi connectivity index (χ0) is 12.6. The van der Waals surface area contributed by atoms with Crippen LogP contribution >= 0.6 is 0 Å². The number of para-hydroxylation sites is 1. The molecule has 1 saturated heterocycles. The maximum Gasteiger partial charge on any atom is 0.253 e. The molecule has 0 unspecified atom stereocenters. The van der Waals surface area contributed by atoms with Gasteiger partial charge in [0.1, 0.15) is 0 Å². The molecule has 0 saturated carbocycles. The van der Waals surface area contributed by atoms with Gasteiger partial charge in [0.2, 0.25) is 0 Å². The van der Waals surface area contributed by atoms with E-state index in [4.69, 9.17) is 4.74 Å². The zero-order valence-corrected chi connectivity index (χ0v) is 10.3. The van der Waals surface area contributed by atoms with Crippen LogP contribution in [0.3, 0.4) is 0 Å². The summed E-state index contributed by atoms with van der Waals surface area (Å²) in [5.74, 6) is -0.0313. The summed E-state index contributed by atoms with van der Waals surface area (Å²) < 4.78 is 5.18. The van der Waals surface area contributed by atoms with Crippen LogP contribution in [0.4, 0.5) is 0 Å². The molecule has 3 rings (SSSR count). The number of ether oxygens (including phenoxy) is 1. The molecule has 0 spiro atoms. The van der Waals surface area contributed by atoms with E-state index in [2.05, 4.69) is 17.2 Å². The first-order chi connectivity index (χ1) is 8.68. The Hall–Kier alpha value is -1.81. The first-order valence-corrected chi connectivity index (χ1v) is 6.10. The lowest BCUT2D eigenvalue weighted by atomic mass is 9.88. The van der Waals surface area contributed by atoms with Crippen molar-refractivity contribution < 1.29 is 9.53 Å². The minimum Gasteiger partial charge on any atom is -0.380 e. The van der Waals surface area contributed by atoms with Gasteiger partial charge >= 0.3 is 0 Å². The van der Waals surface area contributed by atoms with E-state index < -0.39 is 0 Å². The van der Waals surface area contributed by atoms with Gasteiger partial charge < -0.3 is 15.0 Å². The first-order valence-electron chi connectivity index (χ1n) is 6.10. The molecule has 2 aromatic rings. The second kappa shape index (κ2) is 4.14. The van der Waals surface area contributed by atoms with Gasteiger partial charge in [0.15, 0.2) is 0 Å². The normalized spacial score (nSPS) is 17.4. The van der Waals surface area contributed by atoms with Crippen LogP contribution in [-0.4, -0.2) is 30.6 Å². The first kappa shape index (κ1) is 11.3. The lowest BCUT2D eigenvalue weighted by molar-refractivity contribution is -0.0978. The van der Waals surface area contributed by atoms with E-state index in [1.165, 1.54) is 0 Å². The van der Waals surface area contributed by atoms with Crippen molar-refractivity contribution >= 4 is 16.8 Å². The fraction of sp³-hybridized carbons (Fsp3) is 0.357. The molecule has 2 heterocycles. The molecule has 1 aromatic heterocycles. The number of hydrogen-bond acceptors (Lipinski definition) is 2. The van der Waals surface area contributed by atoms with Crippen molar-refractivity contribution in [3.05, 3.63) is 36.0 Å². The van der Waals surface area contributed by atoms with E-state index in [0.29, 0.717) is 12.1 Å². The maximum absolute atomic E-state index is 12.2. The van der Waals surface area contributed by atoms with Crippen LogP contribution in [0.2, 0.25) is 0 Å². The van der Waals surface area contributed by atoms with Crippen molar-refractivity contribution in [2.75, 3.05) is 19.8 Å². The van der Waals surface area contributed by atoms with Gasteiger partial charge in [0, 0.05) is 23.5 Å². The molecule has 1 fully saturated rings. The van der Waals surface area contributed by atoms with E-state index in [-0.39, 0.29) is 11.3 Å². The minimum atomic E-state index is -0.0313. The Bertz CT molecular complexity index is 584. The van der Waals surface area contributed by atoms with Gasteiger partial charge in [0.05, 0.1) is 24.3 Å². The molecular weight excluding hydrogens is 228 g/mol. The number of nitrogens with one attached hydrogen (secondary N) is 2. The molecule has 1 aromatic carbocycles. The van der Waals surface area contributed by atoms with Crippen molar-refractivity contribution in [1.29, 1.82) is 0 Å². The van der Waals surface area contributed by atoms with E-state index in [0.717, 1.165) is 24.1 Å². The van der Waals surface area contributed by atoms with Crippen LogP contribution in [0.15, 0.2) is 30.5 Å². The second-order valence-corrected chi connectivity index (χ2v) is 5.23. The summed E-state index contributed by atoms with van der Waals surface area (Å²) in [4.78, 5) is 15.3. The summed E-state index contributed by atoms with van der Waals surface area (Å²) in [6, 6.07) is 7.70. The summed E-state index contributed by atoms with van der Waals surface area (Å²) in [6.45, 7) is 4.22. The Balaban J connectivity index is 1.77. The standard InChI is InChI=1S/C14H16N2O2/c1-14(8-18-9-14)7-16-13(17)11-4-2-3-10-5-6-15-12(10)11/h2-6,15H,7-9H2,1H3,(H,16,17). The molecule has 2 N–H and O–H groups in total. The summed E-state index contributed by atoms with van der Waals surface area (Å²) in [5.41, 5.74) is 1.69. The number of H-pyrrole nitrogens is 1. The lowest BCUT2D eigenvalue weighted by Crippen LogP contribution is -2.48. The van der Waals surface area contributed by atoms with Gasteiger partial charge in [0.25, 0.3) is 5.91 Å². The molecule has 4 nitrogen and oxygen atoms in total. The highest BCUT2D eigenvalue weighted by molar-refractivity contribution is 6.05. The van der Waals surface area contributed by atoms with Crippen LogP contribution < -0.4 is 5.32 Å². The maximum atomic E-state index is 12.2. The average Bonchev–Trinajstić information content (AvgIpc) is 2.81. The Kier molecular flexibility index (Phi) is 2.59. The molecule has 1 amide bonds. The van der Waals surface area contributed by atoms with Gasteiger partial charge in [-0.25, -0.2) is 0 Å². The molecular formula is C14H16N2O2. The summed E-state index contributed by atoms with van der Waals surface area (Å²) >= 11 is 0. The van der Waals surface area contributed by atoms with Crippen molar-refractivity contribution in [1.82, 2.24) is 10.3 Å². The zero-order valence-electron chi connectivity index (χ0n) is 10.3. The molecule has 0 bridgehead atoms. The summed E-state index contributed by atoms with van der Waals surface area (Å²) in [6.07, 6.45) is 1.85. The molecule has 18 heavy (non-hydrogen) atoms. The van der Waals surface area contributed by atoms with Crippen molar-refractivity contribution in [2.45, 2.75) is 6.92 Å². The van der Waals surface area contributed by atoms with Crippen molar-refractivity contribution in [3.63, 3.8) is 0 Å². The van der Waals surface area contributed by atoms with Gasteiger partial charge in [-0.05, 0) is 12.1 Å². The van der Waals surface area contributed by atoms with Crippen LogP contribution in [0.5, 0.6) is 0 Å². The number of benzene rings is 1. The average molecular weight is 244 g/mol. The van der Waals surface area contributed by atoms with Crippen molar-refractivity contribution in [2.24, 2.45) is 5.41 Å². The third-order valence-corrected chi connectivity index (χ3v) is 3.41. The number of amides is 1. The Labute approximate surface area is 105 Å². The van der Waals surface area contributed by atoms with E-state index in [9.17, 15) is 4.79 Å². The topological polar surface area (TPSA) is 54.1 Å². The van der Waals surface area contributed by atoms with Crippen LogP contribution in [0.1, 0.15) is 17.3 Å². The van der Waals surface area contributed by atoms with E-state index >= 15 is 0 Å². The second-order valence-electron chi connectivity index (χ2n) is 5.23. The molecule has 0 atom stereocenters. The molecule has 1 aliphatic heterocycles. The Morgan fingerprint density at radius 3 is 3.00 bits per heavy atom. The number of carbonyl (C=O) groups excluding carboxylic acids is 1. The summed E-state index contributed by atoms with van der Waals surface area (Å²) in [5, 5.41) is 4.04. The third-order valence-electron chi connectivity index (χ3n) is 3.41. The molecule has 94 valence electrons. The van der Waals surface area contributed by atoms with E-state index in [1.54, 1.807) is 0 Å². The predicted octanol–water partition coefficient (Wildman–Crippen LogP) is 1.93.